The molecule has 0 unspecified atom stereocenters. The van der Waals surface area contributed by atoms with E-state index in [1.807, 2.05) is 0 Å². The third-order valence-electron chi connectivity index (χ3n) is 6.90. The number of hydrogen-bond acceptors (Lipinski definition) is 3. The molecule has 1 saturated carbocycles. The summed E-state index contributed by atoms with van der Waals surface area (Å²) in [6, 6.07) is 13.5. The standard InChI is InChI=1S/C26H30F3N3O2/c1-17-5-7-18(8-6-17)19-9-11-23(12-10-19)32-15-22(16-32)31-24(33)14-30-25(34)20-3-2-4-21(13-20)26(27,28)29/h2-8,13,19,22-23H,9-12,14-16H2,1H3,(H,30,34)(H,31,33). The second-order valence-electron chi connectivity index (χ2n) is 9.40. The monoisotopic (exact) mass is 473 g/mol. The van der Waals surface area contributed by atoms with E-state index in [0.717, 1.165) is 38.1 Å². The van der Waals surface area contributed by atoms with Crippen LogP contribution in [0.1, 0.15) is 58.6 Å². The Bertz CT molecular complexity index is 1010. The van der Waals surface area contributed by atoms with Gasteiger partial charge in [-0.05, 0) is 62.3 Å². The smallest absolute Gasteiger partial charge is 0.349 e. The zero-order chi connectivity index (χ0) is 24.3. The normalized spacial score (nSPS) is 21.5. The predicted molar refractivity (Wildman–Crippen MR) is 123 cm³/mol. The van der Waals surface area contributed by atoms with Gasteiger partial charge in [-0.3, -0.25) is 14.5 Å². The summed E-state index contributed by atoms with van der Waals surface area (Å²) in [4.78, 5) is 26.7. The second kappa shape index (κ2) is 10.2. The molecule has 2 N–H and O–H groups in total. The molecule has 2 amide bonds. The maximum Gasteiger partial charge on any atom is 0.416 e. The SMILES string of the molecule is Cc1ccc(C2CCC(N3CC(NC(=O)CNC(=O)c4cccc(C(F)(F)F)c4)C3)CC2)cc1. The molecule has 2 aromatic rings. The number of benzene rings is 2. The molecular weight excluding hydrogens is 443 g/mol. The minimum atomic E-state index is -4.52. The van der Waals surface area contributed by atoms with E-state index < -0.39 is 17.6 Å². The minimum Gasteiger partial charge on any atom is -0.349 e. The van der Waals surface area contributed by atoms with Crippen LogP contribution in [0.25, 0.3) is 0 Å². The van der Waals surface area contributed by atoms with Crippen molar-refractivity contribution in [3.8, 4) is 0 Å². The summed E-state index contributed by atoms with van der Waals surface area (Å²) in [5.41, 5.74) is 1.68. The fourth-order valence-corrected chi connectivity index (χ4v) is 4.89. The molecule has 34 heavy (non-hydrogen) atoms. The number of carbonyl (C=O) groups is 2. The summed E-state index contributed by atoms with van der Waals surface area (Å²) < 4.78 is 38.4. The molecule has 4 rings (SSSR count). The van der Waals surface area contributed by atoms with Crippen LogP contribution in [0.4, 0.5) is 13.2 Å². The predicted octanol–water partition coefficient (Wildman–Crippen LogP) is 4.27. The number of halogens is 3. The van der Waals surface area contributed by atoms with Crippen molar-refractivity contribution in [3.63, 3.8) is 0 Å². The van der Waals surface area contributed by atoms with Crippen LogP contribution in [-0.2, 0) is 11.0 Å². The fourth-order valence-electron chi connectivity index (χ4n) is 4.89. The van der Waals surface area contributed by atoms with Crippen molar-refractivity contribution < 1.29 is 22.8 Å². The molecular formula is C26H30F3N3O2. The van der Waals surface area contributed by atoms with Gasteiger partial charge < -0.3 is 10.6 Å². The highest BCUT2D eigenvalue weighted by Gasteiger charge is 2.35. The molecule has 0 bridgehead atoms. The molecule has 2 aromatic carbocycles. The van der Waals surface area contributed by atoms with Crippen molar-refractivity contribution in [1.82, 2.24) is 15.5 Å². The number of nitrogens with zero attached hydrogens (tertiary/aromatic N) is 1. The quantitative estimate of drug-likeness (QED) is 0.659. The molecule has 2 aliphatic rings. The number of carbonyl (C=O) groups excluding carboxylic acids is 2. The first-order chi connectivity index (χ1) is 16.2. The van der Waals surface area contributed by atoms with Gasteiger partial charge in [0.25, 0.3) is 5.91 Å². The van der Waals surface area contributed by atoms with Crippen LogP contribution in [0.3, 0.4) is 0 Å². The van der Waals surface area contributed by atoms with Gasteiger partial charge in [-0.2, -0.15) is 13.2 Å². The Morgan fingerprint density at radius 2 is 1.68 bits per heavy atom. The average molecular weight is 474 g/mol. The molecule has 1 aliphatic heterocycles. The molecule has 182 valence electrons. The van der Waals surface area contributed by atoms with Gasteiger partial charge in [0, 0.05) is 24.7 Å². The van der Waals surface area contributed by atoms with Gasteiger partial charge in [-0.15, -0.1) is 0 Å². The lowest BCUT2D eigenvalue weighted by atomic mass is 9.80. The van der Waals surface area contributed by atoms with Crippen LogP contribution < -0.4 is 10.6 Å². The third-order valence-corrected chi connectivity index (χ3v) is 6.90. The Kier molecular flexibility index (Phi) is 7.26. The molecule has 1 heterocycles. The second-order valence-corrected chi connectivity index (χ2v) is 9.40. The number of likely N-dealkylation sites (tertiary alicyclic amines) is 1. The molecule has 1 saturated heterocycles. The van der Waals surface area contributed by atoms with Gasteiger partial charge in [-0.25, -0.2) is 0 Å². The highest BCUT2D eigenvalue weighted by atomic mass is 19.4. The summed E-state index contributed by atoms with van der Waals surface area (Å²) >= 11 is 0. The van der Waals surface area contributed by atoms with E-state index in [1.165, 1.54) is 36.1 Å². The number of nitrogens with one attached hydrogen (secondary N) is 2. The maximum atomic E-state index is 12.8. The number of alkyl halides is 3. The van der Waals surface area contributed by atoms with Crippen LogP contribution in [0.2, 0.25) is 0 Å². The summed E-state index contributed by atoms with van der Waals surface area (Å²) in [7, 11) is 0. The minimum absolute atomic E-state index is 0.0350. The average Bonchev–Trinajstić information content (AvgIpc) is 2.80. The van der Waals surface area contributed by atoms with Gasteiger partial charge >= 0.3 is 6.18 Å². The number of aryl methyl sites for hydroxylation is 1. The maximum absolute atomic E-state index is 12.8. The summed E-state index contributed by atoms with van der Waals surface area (Å²) in [5, 5.41) is 5.29. The zero-order valence-corrected chi connectivity index (χ0v) is 19.2. The van der Waals surface area contributed by atoms with Gasteiger partial charge in [0.15, 0.2) is 0 Å². The van der Waals surface area contributed by atoms with E-state index in [9.17, 15) is 22.8 Å². The molecule has 2 fully saturated rings. The van der Waals surface area contributed by atoms with Crippen molar-refractivity contribution in [3.05, 3.63) is 70.8 Å². The Morgan fingerprint density at radius 3 is 2.32 bits per heavy atom. The largest absolute Gasteiger partial charge is 0.416 e. The lowest BCUT2D eigenvalue weighted by Gasteiger charge is -2.46. The van der Waals surface area contributed by atoms with Crippen molar-refractivity contribution in [2.24, 2.45) is 0 Å². The van der Waals surface area contributed by atoms with E-state index >= 15 is 0 Å². The first-order valence-electron chi connectivity index (χ1n) is 11.7. The molecule has 0 radical (unpaired) electrons. The van der Waals surface area contributed by atoms with Crippen molar-refractivity contribution in [1.29, 1.82) is 0 Å². The molecule has 0 spiro atoms. The first kappa shape index (κ1) is 24.3. The summed E-state index contributed by atoms with van der Waals surface area (Å²) in [6.07, 6.45) is 0.105. The Labute approximate surface area is 197 Å². The Hall–Kier alpha value is -2.87. The Morgan fingerprint density at radius 1 is 1.00 bits per heavy atom. The van der Waals surface area contributed by atoms with E-state index in [-0.39, 0.29) is 24.1 Å². The summed E-state index contributed by atoms with van der Waals surface area (Å²) in [5.74, 6) is -0.427. The zero-order valence-electron chi connectivity index (χ0n) is 19.2. The topological polar surface area (TPSA) is 61.4 Å². The van der Waals surface area contributed by atoms with E-state index in [2.05, 4.69) is 46.7 Å². The molecule has 0 atom stereocenters. The van der Waals surface area contributed by atoms with Gasteiger partial charge in [0.05, 0.1) is 18.2 Å². The molecule has 0 aromatic heterocycles. The fraction of sp³-hybridized carbons (Fsp3) is 0.462. The van der Waals surface area contributed by atoms with Crippen LogP contribution >= 0.6 is 0 Å². The first-order valence-corrected chi connectivity index (χ1v) is 11.7. The van der Waals surface area contributed by atoms with Crippen LogP contribution in [-0.4, -0.2) is 48.4 Å². The van der Waals surface area contributed by atoms with Crippen LogP contribution in [0, 0.1) is 6.92 Å². The van der Waals surface area contributed by atoms with E-state index in [4.69, 9.17) is 0 Å². The van der Waals surface area contributed by atoms with Gasteiger partial charge in [-0.1, -0.05) is 35.9 Å². The highest BCUT2D eigenvalue weighted by Crippen LogP contribution is 2.36. The number of rotatable bonds is 6. The van der Waals surface area contributed by atoms with Gasteiger partial charge in [0.2, 0.25) is 5.91 Å². The number of hydrogen-bond donors (Lipinski definition) is 2. The Balaban J connectivity index is 1.15. The van der Waals surface area contributed by atoms with Crippen molar-refractivity contribution >= 4 is 11.8 Å². The highest BCUT2D eigenvalue weighted by molar-refractivity contribution is 5.96. The third kappa shape index (κ3) is 5.97. The lowest BCUT2D eigenvalue weighted by molar-refractivity contribution is -0.137. The van der Waals surface area contributed by atoms with Crippen molar-refractivity contribution in [2.45, 2.75) is 56.8 Å². The van der Waals surface area contributed by atoms with Gasteiger partial charge in [0.1, 0.15) is 0 Å². The van der Waals surface area contributed by atoms with E-state index in [1.54, 1.807) is 0 Å². The van der Waals surface area contributed by atoms with Crippen LogP contribution in [0.15, 0.2) is 48.5 Å². The lowest BCUT2D eigenvalue weighted by Crippen LogP contribution is -2.63. The van der Waals surface area contributed by atoms with Crippen LogP contribution in [0.5, 0.6) is 0 Å². The summed E-state index contributed by atoms with van der Waals surface area (Å²) in [6.45, 7) is 3.40. The number of amides is 2. The van der Waals surface area contributed by atoms with E-state index in [0.29, 0.717) is 12.0 Å². The molecule has 8 heteroatoms. The van der Waals surface area contributed by atoms with Crippen molar-refractivity contribution in [2.75, 3.05) is 19.6 Å². The molecule has 5 nitrogen and oxygen atoms in total. The molecule has 1 aliphatic carbocycles.